The van der Waals surface area contributed by atoms with Gasteiger partial charge >= 0.3 is 5.69 Å². The fraction of sp³-hybridized carbons (Fsp3) is 0.417. The summed E-state index contributed by atoms with van der Waals surface area (Å²) in [4.78, 5) is 28.4. The summed E-state index contributed by atoms with van der Waals surface area (Å²) < 4.78 is 1.17. The van der Waals surface area contributed by atoms with Gasteiger partial charge in [-0.1, -0.05) is 6.92 Å². The number of unbranched alkanes of at least 4 members (excludes halogenated alkanes) is 1. The number of fused-ring (bicyclic) bond motifs is 1. The third-order valence-corrected chi connectivity index (χ3v) is 3.94. The van der Waals surface area contributed by atoms with E-state index in [4.69, 9.17) is 5.26 Å². The average Bonchev–Trinajstić information content (AvgIpc) is 2.76. The van der Waals surface area contributed by atoms with Crippen LogP contribution < -0.4 is 11.2 Å². The van der Waals surface area contributed by atoms with E-state index >= 15 is 0 Å². The second kappa shape index (κ2) is 5.19. The molecule has 0 spiro atoms. The van der Waals surface area contributed by atoms with Gasteiger partial charge in [0.25, 0.3) is 5.56 Å². The largest absolute Gasteiger partial charge is 0.329 e. The van der Waals surface area contributed by atoms with Crippen molar-refractivity contribution in [3.63, 3.8) is 0 Å². The Balaban J connectivity index is 2.51. The lowest BCUT2D eigenvalue weighted by atomic mass is 10.3. The molecule has 0 aliphatic rings. The van der Waals surface area contributed by atoms with Crippen molar-refractivity contribution in [3.05, 3.63) is 31.8 Å². The Kier molecular flexibility index (Phi) is 3.63. The number of H-pyrrole nitrogens is 1. The number of hydrogen-bond donors (Lipinski definition) is 1. The molecule has 18 heavy (non-hydrogen) atoms. The first-order chi connectivity index (χ1) is 8.67. The topological polar surface area (TPSA) is 78.7 Å². The molecule has 6 heteroatoms. The number of hydrogen-bond acceptors (Lipinski definition) is 4. The van der Waals surface area contributed by atoms with Gasteiger partial charge in [-0.15, -0.1) is 11.3 Å². The van der Waals surface area contributed by atoms with E-state index in [1.54, 1.807) is 0 Å². The maximum Gasteiger partial charge on any atom is 0.329 e. The summed E-state index contributed by atoms with van der Waals surface area (Å²) >= 11 is 1.44. The highest BCUT2D eigenvalue weighted by Crippen LogP contribution is 2.20. The van der Waals surface area contributed by atoms with E-state index < -0.39 is 5.69 Å². The van der Waals surface area contributed by atoms with Crippen LogP contribution in [0.1, 0.15) is 24.6 Å². The molecule has 0 aromatic carbocycles. The van der Waals surface area contributed by atoms with Gasteiger partial charge in [-0.25, -0.2) is 4.79 Å². The molecule has 0 amide bonds. The highest BCUT2D eigenvalue weighted by atomic mass is 32.1. The number of nitriles is 1. The summed E-state index contributed by atoms with van der Waals surface area (Å²) in [6, 6.07) is 3.83. The molecule has 0 radical (unpaired) electrons. The van der Waals surface area contributed by atoms with Crippen LogP contribution in [0.15, 0.2) is 15.7 Å². The third kappa shape index (κ3) is 2.22. The Bertz CT molecular complexity index is 717. The minimum absolute atomic E-state index is 0.261. The lowest BCUT2D eigenvalue weighted by Gasteiger charge is -2.01. The van der Waals surface area contributed by atoms with Crippen molar-refractivity contribution in [2.24, 2.45) is 0 Å². The molecule has 1 N–H and O–H groups in total. The van der Waals surface area contributed by atoms with Crippen molar-refractivity contribution in [1.29, 1.82) is 5.26 Å². The molecule has 2 heterocycles. The zero-order valence-corrected chi connectivity index (χ0v) is 10.8. The summed E-state index contributed by atoms with van der Waals surface area (Å²) in [5.74, 6) is 0. The van der Waals surface area contributed by atoms with Gasteiger partial charge in [0.1, 0.15) is 4.83 Å². The van der Waals surface area contributed by atoms with E-state index in [1.807, 2.05) is 19.1 Å². The number of nitrogens with one attached hydrogen (secondary N) is 1. The van der Waals surface area contributed by atoms with Crippen LogP contribution in [0.25, 0.3) is 10.2 Å². The van der Waals surface area contributed by atoms with E-state index in [0.29, 0.717) is 23.1 Å². The highest BCUT2D eigenvalue weighted by Gasteiger charge is 2.10. The minimum Gasteiger partial charge on any atom is -0.298 e. The first kappa shape index (κ1) is 12.6. The minimum atomic E-state index is -0.394. The van der Waals surface area contributed by atoms with Gasteiger partial charge in [0.05, 0.1) is 11.5 Å². The summed E-state index contributed by atoms with van der Waals surface area (Å²) in [6.45, 7) is 2.29. The van der Waals surface area contributed by atoms with Gasteiger partial charge in [-0.05, 0) is 18.9 Å². The third-order valence-electron chi connectivity index (χ3n) is 2.74. The fourth-order valence-corrected chi connectivity index (χ4v) is 2.77. The van der Waals surface area contributed by atoms with Crippen molar-refractivity contribution in [2.75, 3.05) is 0 Å². The van der Waals surface area contributed by atoms with E-state index in [1.165, 1.54) is 15.9 Å². The molecule has 5 nitrogen and oxygen atoms in total. The molecule has 0 aliphatic heterocycles. The first-order valence-corrected chi connectivity index (χ1v) is 6.61. The Morgan fingerprint density at radius 3 is 2.94 bits per heavy atom. The summed E-state index contributed by atoms with van der Waals surface area (Å²) in [5.41, 5.74) is -0.655. The molecule has 0 fully saturated rings. The van der Waals surface area contributed by atoms with Crippen molar-refractivity contribution in [3.8, 4) is 6.07 Å². The van der Waals surface area contributed by atoms with Gasteiger partial charge in [0, 0.05) is 17.8 Å². The summed E-state index contributed by atoms with van der Waals surface area (Å²) in [5, 5.41) is 9.03. The van der Waals surface area contributed by atoms with Crippen LogP contribution in [0.3, 0.4) is 0 Å². The molecule has 0 aliphatic carbocycles. The lowest BCUT2D eigenvalue weighted by molar-refractivity contribution is 0.605. The van der Waals surface area contributed by atoms with E-state index in [2.05, 4.69) is 4.98 Å². The normalized spacial score (nSPS) is 10.7. The van der Waals surface area contributed by atoms with E-state index in [9.17, 15) is 9.59 Å². The van der Waals surface area contributed by atoms with Crippen LogP contribution in [0, 0.1) is 11.3 Å². The Hall–Kier alpha value is -1.87. The zero-order valence-electron chi connectivity index (χ0n) is 10.0. The summed E-state index contributed by atoms with van der Waals surface area (Å²) in [7, 11) is 0. The number of aromatic nitrogens is 2. The molecular weight excluding hydrogens is 250 g/mol. The number of nitrogens with zero attached hydrogens (tertiary/aromatic N) is 2. The Morgan fingerprint density at radius 2 is 2.28 bits per heavy atom. The lowest BCUT2D eigenvalue weighted by Crippen LogP contribution is -2.34. The van der Waals surface area contributed by atoms with Gasteiger partial charge in [0.15, 0.2) is 0 Å². The highest BCUT2D eigenvalue weighted by molar-refractivity contribution is 7.18. The van der Waals surface area contributed by atoms with Gasteiger partial charge in [0.2, 0.25) is 0 Å². The smallest absolute Gasteiger partial charge is 0.298 e. The van der Waals surface area contributed by atoms with Crippen LogP contribution in [-0.4, -0.2) is 9.55 Å². The molecule has 2 aromatic heterocycles. The summed E-state index contributed by atoms with van der Waals surface area (Å²) in [6.07, 6.45) is 1.69. The fourth-order valence-electron chi connectivity index (χ4n) is 1.79. The first-order valence-electron chi connectivity index (χ1n) is 5.80. The Morgan fingerprint density at radius 1 is 1.50 bits per heavy atom. The maximum absolute atomic E-state index is 12.1. The van der Waals surface area contributed by atoms with Crippen LogP contribution >= 0.6 is 11.3 Å². The number of thiophene rings is 1. The predicted molar refractivity (Wildman–Crippen MR) is 70.9 cm³/mol. The van der Waals surface area contributed by atoms with Crippen LogP contribution in [-0.2, 0) is 13.0 Å². The van der Waals surface area contributed by atoms with Gasteiger partial charge < -0.3 is 0 Å². The van der Waals surface area contributed by atoms with E-state index in [0.717, 1.165) is 11.3 Å². The second-order valence-electron chi connectivity index (χ2n) is 3.96. The van der Waals surface area contributed by atoms with Crippen molar-refractivity contribution < 1.29 is 0 Å². The van der Waals surface area contributed by atoms with Gasteiger partial charge in [-0.2, -0.15) is 5.26 Å². The number of aryl methyl sites for hydroxylation is 1. The average molecular weight is 263 g/mol. The Labute approximate surface area is 107 Å². The molecule has 0 atom stereocenters. The van der Waals surface area contributed by atoms with Crippen LogP contribution in [0.4, 0.5) is 0 Å². The van der Waals surface area contributed by atoms with Crippen LogP contribution in [0.2, 0.25) is 0 Å². The molecule has 0 saturated carbocycles. The predicted octanol–water partition coefficient (Wildman–Crippen LogP) is 1.62. The van der Waals surface area contributed by atoms with Crippen molar-refractivity contribution in [1.82, 2.24) is 9.55 Å². The molecule has 0 bridgehead atoms. The standard InChI is InChI=1S/C12H13N3O2S/c1-2-8-7-9-10(18-8)14-12(17)15(11(9)16)6-4-3-5-13/h7H,2-4,6H2,1H3,(H,14,17). The van der Waals surface area contributed by atoms with Crippen LogP contribution in [0.5, 0.6) is 0 Å². The SMILES string of the molecule is CCc1cc2c(=O)n(CCCC#N)c(=O)[nH]c2s1. The number of aromatic amines is 1. The zero-order chi connectivity index (χ0) is 13.1. The molecule has 0 unspecified atom stereocenters. The second-order valence-corrected chi connectivity index (χ2v) is 5.09. The van der Waals surface area contributed by atoms with Crippen molar-refractivity contribution in [2.45, 2.75) is 32.7 Å². The molecule has 0 saturated heterocycles. The molecule has 94 valence electrons. The van der Waals surface area contributed by atoms with Gasteiger partial charge in [-0.3, -0.25) is 14.3 Å². The molecular formula is C12H13N3O2S. The number of rotatable bonds is 4. The molecule has 2 rings (SSSR count). The van der Waals surface area contributed by atoms with E-state index in [-0.39, 0.29) is 12.1 Å². The van der Waals surface area contributed by atoms with Crippen molar-refractivity contribution >= 4 is 21.6 Å². The molecule has 2 aromatic rings. The monoisotopic (exact) mass is 263 g/mol. The maximum atomic E-state index is 12.1. The quantitative estimate of drug-likeness (QED) is 0.851.